The summed E-state index contributed by atoms with van der Waals surface area (Å²) in [5, 5.41) is 9.25. The average Bonchev–Trinajstić information content (AvgIpc) is 2.99. The molecule has 3 heterocycles. The van der Waals surface area contributed by atoms with Crippen molar-refractivity contribution < 1.29 is 0 Å². The number of fused-ring (bicyclic) bond motifs is 1. The van der Waals surface area contributed by atoms with Crippen LogP contribution in [0.1, 0.15) is 25.3 Å². The monoisotopic (exact) mass is 372 g/mol. The number of piperidine rings is 1. The van der Waals surface area contributed by atoms with E-state index in [1.54, 1.807) is 4.68 Å². The van der Waals surface area contributed by atoms with Crippen LogP contribution in [0.25, 0.3) is 11.2 Å². The molecule has 0 bridgehead atoms. The third-order valence-corrected chi connectivity index (χ3v) is 5.21. The number of aromatic nitrogens is 5. The van der Waals surface area contributed by atoms with Crippen LogP contribution >= 0.6 is 11.6 Å². The molecule has 3 aromatic rings. The van der Waals surface area contributed by atoms with Crippen molar-refractivity contribution in [3.8, 4) is 0 Å². The maximum atomic E-state index is 6.26. The zero-order valence-corrected chi connectivity index (χ0v) is 15.3. The van der Waals surface area contributed by atoms with Crippen LogP contribution in [0.15, 0.2) is 24.3 Å². The summed E-state index contributed by atoms with van der Waals surface area (Å²) in [6.07, 6.45) is 1.76. The summed E-state index contributed by atoms with van der Waals surface area (Å²) < 4.78 is 1.70. The molecule has 2 aromatic heterocycles. The first kappa shape index (κ1) is 17.0. The Labute approximate surface area is 156 Å². The number of rotatable bonds is 3. The summed E-state index contributed by atoms with van der Waals surface area (Å²) in [5.74, 6) is 0.921. The van der Waals surface area contributed by atoms with Gasteiger partial charge in [-0.3, -0.25) is 0 Å². The highest BCUT2D eigenvalue weighted by Gasteiger charge is 2.28. The van der Waals surface area contributed by atoms with Crippen molar-refractivity contribution in [2.24, 2.45) is 5.73 Å². The maximum absolute atomic E-state index is 6.26. The Bertz CT molecular complexity index is 941. The number of benzene rings is 1. The minimum atomic E-state index is -0.143. The first-order valence-electron chi connectivity index (χ1n) is 8.57. The molecule has 4 rings (SSSR count). The van der Waals surface area contributed by atoms with Gasteiger partial charge >= 0.3 is 0 Å². The van der Waals surface area contributed by atoms with Gasteiger partial charge in [-0.2, -0.15) is 9.97 Å². The minimum absolute atomic E-state index is 0.143. The second-order valence-corrected chi connectivity index (χ2v) is 7.46. The van der Waals surface area contributed by atoms with Gasteiger partial charge in [0.05, 0.1) is 6.54 Å². The molecule has 4 N–H and O–H groups in total. The van der Waals surface area contributed by atoms with E-state index in [2.05, 4.69) is 32.1 Å². The molecule has 136 valence electrons. The van der Waals surface area contributed by atoms with Gasteiger partial charge in [-0.15, -0.1) is 5.10 Å². The molecule has 0 radical (unpaired) electrons. The summed E-state index contributed by atoms with van der Waals surface area (Å²) in [6.45, 7) is 4.15. The molecule has 8 nitrogen and oxygen atoms in total. The summed E-state index contributed by atoms with van der Waals surface area (Å²) >= 11 is 6.26. The van der Waals surface area contributed by atoms with E-state index in [-0.39, 0.29) is 11.5 Å². The summed E-state index contributed by atoms with van der Waals surface area (Å²) in [4.78, 5) is 10.9. The standard InChI is InChI=1S/C17H21ClN8/c1-17(20)6-8-25(9-7-17)14-13-15(22-16(19)21-14)26(24-23-13)10-11-4-2-3-5-12(11)18/h2-5H,6-10,20H2,1H3,(H2,19,21,22). The van der Waals surface area contributed by atoms with Gasteiger partial charge in [-0.25, -0.2) is 4.68 Å². The molecule has 0 unspecified atom stereocenters. The average molecular weight is 373 g/mol. The lowest BCUT2D eigenvalue weighted by molar-refractivity contribution is 0.363. The smallest absolute Gasteiger partial charge is 0.224 e. The fourth-order valence-electron chi connectivity index (χ4n) is 3.20. The van der Waals surface area contributed by atoms with Crippen molar-refractivity contribution >= 4 is 34.5 Å². The van der Waals surface area contributed by atoms with Crippen molar-refractivity contribution in [1.82, 2.24) is 25.0 Å². The molecule has 0 atom stereocenters. The van der Waals surface area contributed by atoms with E-state index in [0.717, 1.165) is 31.5 Å². The van der Waals surface area contributed by atoms with Crippen LogP contribution in [0.4, 0.5) is 11.8 Å². The van der Waals surface area contributed by atoms with Crippen LogP contribution in [-0.4, -0.2) is 43.6 Å². The van der Waals surface area contributed by atoms with Gasteiger partial charge in [0.1, 0.15) is 0 Å². The molecule has 0 aliphatic carbocycles. The second kappa shape index (κ2) is 6.37. The normalized spacial score (nSPS) is 17.0. The van der Waals surface area contributed by atoms with E-state index < -0.39 is 0 Å². The minimum Gasteiger partial charge on any atom is -0.368 e. The third kappa shape index (κ3) is 3.17. The number of nitrogens with zero attached hydrogens (tertiary/aromatic N) is 6. The fraction of sp³-hybridized carbons (Fsp3) is 0.412. The van der Waals surface area contributed by atoms with Crippen molar-refractivity contribution in [1.29, 1.82) is 0 Å². The predicted octanol–water partition coefficient (Wildman–Crippen LogP) is 1.82. The Morgan fingerprint density at radius 1 is 1.19 bits per heavy atom. The van der Waals surface area contributed by atoms with Crippen molar-refractivity contribution in [2.45, 2.75) is 31.8 Å². The third-order valence-electron chi connectivity index (χ3n) is 4.84. The Morgan fingerprint density at radius 2 is 1.92 bits per heavy atom. The Hall–Kier alpha value is -2.45. The van der Waals surface area contributed by atoms with Crippen molar-refractivity contribution in [2.75, 3.05) is 23.7 Å². The number of hydrogen-bond donors (Lipinski definition) is 2. The molecule has 0 saturated carbocycles. The van der Waals surface area contributed by atoms with E-state index in [0.29, 0.717) is 28.5 Å². The number of nitrogen functional groups attached to an aromatic ring is 1. The molecular weight excluding hydrogens is 352 g/mol. The lowest BCUT2D eigenvalue weighted by Crippen LogP contribution is -2.48. The van der Waals surface area contributed by atoms with E-state index in [1.165, 1.54) is 0 Å². The fourth-order valence-corrected chi connectivity index (χ4v) is 3.40. The lowest BCUT2D eigenvalue weighted by atomic mass is 9.91. The highest BCUT2D eigenvalue weighted by Crippen LogP contribution is 2.28. The van der Waals surface area contributed by atoms with E-state index in [1.807, 2.05) is 24.3 Å². The number of anilines is 2. The van der Waals surface area contributed by atoms with Crippen LogP contribution < -0.4 is 16.4 Å². The Morgan fingerprint density at radius 3 is 2.65 bits per heavy atom. The highest BCUT2D eigenvalue weighted by molar-refractivity contribution is 6.31. The SMILES string of the molecule is CC1(N)CCN(c2nc(N)nc3c2nnn3Cc2ccccc2Cl)CC1. The van der Waals surface area contributed by atoms with Gasteiger partial charge in [0.15, 0.2) is 17.0 Å². The van der Waals surface area contributed by atoms with Crippen LogP contribution in [0.5, 0.6) is 0 Å². The molecule has 0 spiro atoms. The zero-order chi connectivity index (χ0) is 18.3. The Kier molecular flexibility index (Phi) is 4.16. The summed E-state index contributed by atoms with van der Waals surface area (Å²) in [7, 11) is 0. The quantitative estimate of drug-likeness (QED) is 0.721. The zero-order valence-electron chi connectivity index (χ0n) is 14.6. The molecule has 1 saturated heterocycles. The molecule has 1 aliphatic rings. The highest BCUT2D eigenvalue weighted by atomic mass is 35.5. The molecular formula is C17H21ClN8. The van der Waals surface area contributed by atoms with Crippen LogP contribution in [0, 0.1) is 0 Å². The number of nitrogens with two attached hydrogens (primary N) is 2. The second-order valence-electron chi connectivity index (χ2n) is 7.06. The Balaban J connectivity index is 1.71. The summed E-state index contributed by atoms with van der Waals surface area (Å²) in [6, 6.07) is 7.63. The van der Waals surface area contributed by atoms with Crippen LogP contribution in [0.3, 0.4) is 0 Å². The first-order valence-corrected chi connectivity index (χ1v) is 8.95. The van der Waals surface area contributed by atoms with Crippen LogP contribution in [0.2, 0.25) is 5.02 Å². The van der Waals surface area contributed by atoms with Gasteiger partial charge in [-0.1, -0.05) is 35.0 Å². The van der Waals surface area contributed by atoms with Crippen molar-refractivity contribution in [3.05, 3.63) is 34.9 Å². The molecule has 26 heavy (non-hydrogen) atoms. The molecule has 1 fully saturated rings. The number of hydrogen-bond acceptors (Lipinski definition) is 7. The topological polar surface area (TPSA) is 112 Å². The lowest BCUT2D eigenvalue weighted by Gasteiger charge is -2.37. The van der Waals surface area contributed by atoms with Crippen LogP contribution in [-0.2, 0) is 6.54 Å². The first-order chi connectivity index (χ1) is 12.4. The van der Waals surface area contributed by atoms with Gasteiger partial charge in [0.2, 0.25) is 5.95 Å². The van der Waals surface area contributed by atoms with Crippen molar-refractivity contribution in [3.63, 3.8) is 0 Å². The molecule has 1 aliphatic heterocycles. The van der Waals surface area contributed by atoms with Gasteiger partial charge in [0, 0.05) is 23.7 Å². The van der Waals surface area contributed by atoms with E-state index >= 15 is 0 Å². The predicted molar refractivity (Wildman–Crippen MR) is 102 cm³/mol. The number of halogens is 1. The molecule has 1 aromatic carbocycles. The van der Waals surface area contributed by atoms with E-state index in [4.69, 9.17) is 23.1 Å². The molecule has 9 heteroatoms. The van der Waals surface area contributed by atoms with Gasteiger partial charge in [-0.05, 0) is 31.4 Å². The van der Waals surface area contributed by atoms with Gasteiger partial charge < -0.3 is 16.4 Å². The molecule has 0 amide bonds. The summed E-state index contributed by atoms with van der Waals surface area (Å²) in [5.41, 5.74) is 14.3. The van der Waals surface area contributed by atoms with Gasteiger partial charge in [0.25, 0.3) is 0 Å². The largest absolute Gasteiger partial charge is 0.368 e. The van der Waals surface area contributed by atoms with E-state index in [9.17, 15) is 0 Å². The maximum Gasteiger partial charge on any atom is 0.224 e.